The summed E-state index contributed by atoms with van der Waals surface area (Å²) in [5.41, 5.74) is -0.571. The van der Waals surface area contributed by atoms with E-state index in [9.17, 15) is 4.79 Å². The highest BCUT2D eigenvalue weighted by Crippen LogP contribution is 2.24. The highest BCUT2D eigenvalue weighted by atomic mass is 16.5. The second-order valence-electron chi connectivity index (χ2n) is 6.79. The van der Waals surface area contributed by atoms with Gasteiger partial charge < -0.3 is 9.64 Å². The molecule has 0 amide bonds. The Hall–Kier alpha value is -0.610. The summed E-state index contributed by atoms with van der Waals surface area (Å²) in [5, 5.41) is 3.38. The van der Waals surface area contributed by atoms with Crippen molar-refractivity contribution >= 4 is 5.97 Å². The van der Waals surface area contributed by atoms with Crippen LogP contribution in [-0.2, 0) is 9.53 Å². The average molecular weight is 298 g/mol. The molecule has 0 heterocycles. The minimum Gasteiger partial charge on any atom is -0.468 e. The molecule has 1 rings (SSSR count). The molecule has 21 heavy (non-hydrogen) atoms. The van der Waals surface area contributed by atoms with Crippen LogP contribution in [0.15, 0.2) is 0 Å². The van der Waals surface area contributed by atoms with Gasteiger partial charge in [-0.25, -0.2) is 0 Å². The smallest absolute Gasteiger partial charge is 0.325 e. The molecule has 0 saturated heterocycles. The van der Waals surface area contributed by atoms with E-state index in [0.29, 0.717) is 0 Å². The van der Waals surface area contributed by atoms with E-state index < -0.39 is 5.54 Å². The summed E-state index contributed by atoms with van der Waals surface area (Å²) in [6, 6.07) is 1.03. The van der Waals surface area contributed by atoms with Crippen molar-refractivity contribution in [2.75, 3.05) is 20.2 Å². The first kappa shape index (κ1) is 18.4. The van der Waals surface area contributed by atoms with Gasteiger partial charge in [0.25, 0.3) is 0 Å². The highest BCUT2D eigenvalue weighted by molar-refractivity contribution is 5.80. The Morgan fingerprint density at radius 1 is 1.38 bits per heavy atom. The molecule has 1 atom stereocenters. The summed E-state index contributed by atoms with van der Waals surface area (Å²) in [6.45, 7) is 10.5. The van der Waals surface area contributed by atoms with E-state index >= 15 is 0 Å². The summed E-state index contributed by atoms with van der Waals surface area (Å²) >= 11 is 0. The predicted octanol–water partition coefficient (Wildman–Crippen LogP) is 2.96. The van der Waals surface area contributed by atoms with Crippen LogP contribution < -0.4 is 5.32 Å². The summed E-state index contributed by atoms with van der Waals surface area (Å²) in [7, 11) is 1.47. The number of ether oxygens (including phenoxy) is 1. The SMILES string of the molecule is CCN(CCCC(C)(NC(C)C)C(=O)OC)C1CCCC1. The van der Waals surface area contributed by atoms with Crippen LogP contribution in [0.25, 0.3) is 0 Å². The van der Waals surface area contributed by atoms with E-state index in [2.05, 4.69) is 31.0 Å². The van der Waals surface area contributed by atoms with Crippen molar-refractivity contribution < 1.29 is 9.53 Å². The number of carbonyl (C=O) groups is 1. The maximum absolute atomic E-state index is 12.1. The average Bonchev–Trinajstić information content (AvgIpc) is 2.95. The van der Waals surface area contributed by atoms with Gasteiger partial charge in [0.05, 0.1) is 7.11 Å². The molecule has 124 valence electrons. The van der Waals surface area contributed by atoms with Crippen LogP contribution in [0.2, 0.25) is 0 Å². The van der Waals surface area contributed by atoms with E-state index in [4.69, 9.17) is 4.74 Å². The normalized spacial score (nSPS) is 19.2. The molecule has 0 aromatic heterocycles. The van der Waals surface area contributed by atoms with Crippen molar-refractivity contribution in [2.24, 2.45) is 0 Å². The molecule has 1 aliphatic carbocycles. The zero-order valence-corrected chi connectivity index (χ0v) is 14.6. The second-order valence-corrected chi connectivity index (χ2v) is 6.79. The Morgan fingerprint density at radius 2 is 2.00 bits per heavy atom. The lowest BCUT2D eigenvalue weighted by atomic mass is 9.94. The third kappa shape index (κ3) is 5.59. The van der Waals surface area contributed by atoms with Gasteiger partial charge in [-0.1, -0.05) is 19.8 Å². The maximum Gasteiger partial charge on any atom is 0.325 e. The molecule has 0 aromatic carbocycles. The fraction of sp³-hybridized carbons (Fsp3) is 0.941. The Kier molecular flexibility index (Phi) is 7.67. The van der Waals surface area contributed by atoms with Crippen molar-refractivity contribution in [1.29, 1.82) is 0 Å². The van der Waals surface area contributed by atoms with Gasteiger partial charge in [0.15, 0.2) is 0 Å². The highest BCUT2D eigenvalue weighted by Gasteiger charge is 2.34. The quantitative estimate of drug-likeness (QED) is 0.665. The molecule has 1 aliphatic rings. The van der Waals surface area contributed by atoms with Gasteiger partial charge in [-0.2, -0.15) is 0 Å². The van der Waals surface area contributed by atoms with E-state index in [0.717, 1.165) is 32.0 Å². The number of hydrogen-bond acceptors (Lipinski definition) is 4. The fourth-order valence-corrected chi connectivity index (χ4v) is 3.60. The predicted molar refractivity (Wildman–Crippen MR) is 87.4 cm³/mol. The third-order valence-electron chi connectivity index (χ3n) is 4.61. The van der Waals surface area contributed by atoms with E-state index in [1.807, 2.05) is 6.92 Å². The van der Waals surface area contributed by atoms with Gasteiger partial charge in [-0.3, -0.25) is 10.1 Å². The van der Waals surface area contributed by atoms with E-state index in [-0.39, 0.29) is 12.0 Å². The fourth-order valence-electron chi connectivity index (χ4n) is 3.60. The Labute approximate surface area is 130 Å². The number of carbonyl (C=O) groups excluding carboxylic acids is 1. The molecule has 4 heteroatoms. The van der Waals surface area contributed by atoms with Crippen LogP contribution in [0.1, 0.15) is 66.2 Å². The number of rotatable bonds is 9. The summed E-state index contributed by atoms with van der Waals surface area (Å²) in [6.07, 6.45) is 7.27. The molecule has 0 aromatic rings. The summed E-state index contributed by atoms with van der Waals surface area (Å²) in [5.74, 6) is -0.153. The molecular formula is C17H34N2O2. The first-order chi connectivity index (χ1) is 9.92. The van der Waals surface area contributed by atoms with Crippen molar-refractivity contribution in [3.05, 3.63) is 0 Å². The first-order valence-electron chi connectivity index (χ1n) is 8.53. The Bertz CT molecular complexity index is 314. The Morgan fingerprint density at radius 3 is 2.48 bits per heavy atom. The third-order valence-corrected chi connectivity index (χ3v) is 4.61. The number of methoxy groups -OCH3 is 1. The zero-order chi connectivity index (χ0) is 15.9. The van der Waals surface area contributed by atoms with Crippen LogP contribution in [0.5, 0.6) is 0 Å². The lowest BCUT2D eigenvalue weighted by molar-refractivity contribution is -0.148. The van der Waals surface area contributed by atoms with Crippen LogP contribution in [0, 0.1) is 0 Å². The topological polar surface area (TPSA) is 41.6 Å². The standard InChI is InChI=1S/C17H34N2O2/c1-6-19(15-10-7-8-11-15)13-9-12-17(4,16(20)21-5)18-14(2)3/h14-15,18H,6-13H2,1-5H3. The molecule has 0 spiro atoms. The monoisotopic (exact) mass is 298 g/mol. The molecule has 0 aliphatic heterocycles. The summed E-state index contributed by atoms with van der Waals surface area (Å²) in [4.78, 5) is 14.7. The van der Waals surface area contributed by atoms with Crippen LogP contribution in [-0.4, -0.2) is 48.7 Å². The van der Waals surface area contributed by atoms with Gasteiger partial charge in [0, 0.05) is 12.1 Å². The van der Waals surface area contributed by atoms with Crippen LogP contribution >= 0.6 is 0 Å². The van der Waals surface area contributed by atoms with Gasteiger partial charge in [-0.15, -0.1) is 0 Å². The van der Waals surface area contributed by atoms with E-state index in [1.165, 1.54) is 32.8 Å². The van der Waals surface area contributed by atoms with Crippen molar-refractivity contribution in [3.63, 3.8) is 0 Å². The Balaban J connectivity index is 2.49. The van der Waals surface area contributed by atoms with Crippen LogP contribution in [0.3, 0.4) is 0 Å². The van der Waals surface area contributed by atoms with Gasteiger partial charge >= 0.3 is 5.97 Å². The lowest BCUT2D eigenvalue weighted by Crippen LogP contribution is -2.53. The number of esters is 1. The number of nitrogens with zero attached hydrogens (tertiary/aromatic N) is 1. The minimum absolute atomic E-state index is 0.153. The number of nitrogens with one attached hydrogen (secondary N) is 1. The molecule has 1 fully saturated rings. The van der Waals surface area contributed by atoms with Gasteiger partial charge in [-0.05, 0) is 59.5 Å². The molecule has 0 bridgehead atoms. The summed E-state index contributed by atoms with van der Waals surface area (Å²) < 4.78 is 4.98. The number of hydrogen-bond donors (Lipinski definition) is 1. The van der Waals surface area contributed by atoms with E-state index in [1.54, 1.807) is 0 Å². The molecular weight excluding hydrogens is 264 g/mol. The largest absolute Gasteiger partial charge is 0.468 e. The lowest BCUT2D eigenvalue weighted by Gasteiger charge is -2.32. The van der Waals surface area contributed by atoms with Gasteiger partial charge in [0.2, 0.25) is 0 Å². The molecule has 1 saturated carbocycles. The van der Waals surface area contributed by atoms with Crippen molar-refractivity contribution in [3.8, 4) is 0 Å². The molecule has 0 radical (unpaired) electrons. The van der Waals surface area contributed by atoms with Crippen molar-refractivity contribution in [2.45, 2.75) is 83.8 Å². The van der Waals surface area contributed by atoms with Crippen LogP contribution in [0.4, 0.5) is 0 Å². The van der Waals surface area contributed by atoms with Crippen molar-refractivity contribution in [1.82, 2.24) is 10.2 Å². The molecule has 4 nitrogen and oxygen atoms in total. The zero-order valence-electron chi connectivity index (χ0n) is 14.6. The molecule has 1 unspecified atom stereocenters. The minimum atomic E-state index is -0.571. The maximum atomic E-state index is 12.1. The first-order valence-corrected chi connectivity index (χ1v) is 8.53. The van der Waals surface area contributed by atoms with Gasteiger partial charge in [0.1, 0.15) is 5.54 Å². The molecule has 1 N–H and O–H groups in total. The second kappa shape index (κ2) is 8.74.